The normalized spacial score (nSPS) is 25.7. The Hall–Kier alpha value is 0. The minimum atomic E-state index is 1.02. The number of hydrogen-bond donors (Lipinski definition) is 0. The first kappa shape index (κ1) is 14.1. The van der Waals surface area contributed by atoms with Crippen LogP contribution in [0.3, 0.4) is 0 Å². The third-order valence-electron chi connectivity index (χ3n) is 4.40. The second-order valence-electron chi connectivity index (χ2n) is 5.98. The van der Waals surface area contributed by atoms with Crippen molar-refractivity contribution in [2.45, 2.75) is 85.0 Å². The van der Waals surface area contributed by atoms with Crippen molar-refractivity contribution in [3.8, 4) is 0 Å². The maximum atomic E-state index is 2.50. The van der Waals surface area contributed by atoms with Crippen LogP contribution in [0.5, 0.6) is 0 Å². The second kappa shape index (κ2) is 8.14. The van der Waals surface area contributed by atoms with Crippen LogP contribution >= 0.6 is 0 Å². The Labute approximate surface area is 103 Å². The van der Waals surface area contributed by atoms with E-state index in [9.17, 15) is 0 Å². The van der Waals surface area contributed by atoms with Gasteiger partial charge in [-0.25, -0.2) is 0 Å². The Bertz CT molecular complexity index is 161. The van der Waals surface area contributed by atoms with E-state index in [2.05, 4.69) is 20.8 Å². The fourth-order valence-electron chi connectivity index (χ4n) is 3.06. The lowest BCUT2D eigenvalue weighted by Gasteiger charge is -2.10. The fraction of sp³-hybridized carbons (Fsp3) is 1.00. The molecule has 0 aromatic rings. The second-order valence-corrected chi connectivity index (χ2v) is 5.98. The van der Waals surface area contributed by atoms with E-state index in [4.69, 9.17) is 0 Å². The van der Waals surface area contributed by atoms with Gasteiger partial charge in [0.15, 0.2) is 0 Å². The molecule has 16 heavy (non-hydrogen) atoms. The lowest BCUT2D eigenvalue weighted by atomic mass is 9.95. The van der Waals surface area contributed by atoms with Crippen molar-refractivity contribution >= 4 is 0 Å². The van der Waals surface area contributed by atoms with Gasteiger partial charge in [-0.15, -0.1) is 0 Å². The van der Waals surface area contributed by atoms with Crippen LogP contribution in [0.15, 0.2) is 0 Å². The molecule has 0 spiro atoms. The fourth-order valence-corrected chi connectivity index (χ4v) is 3.06. The van der Waals surface area contributed by atoms with Crippen molar-refractivity contribution in [1.29, 1.82) is 0 Å². The van der Waals surface area contributed by atoms with E-state index in [0.29, 0.717) is 0 Å². The van der Waals surface area contributed by atoms with E-state index in [-0.39, 0.29) is 0 Å². The summed E-state index contributed by atoms with van der Waals surface area (Å²) in [5, 5.41) is 0. The Kier molecular flexibility index (Phi) is 7.16. The molecular weight excluding hydrogens is 192 g/mol. The van der Waals surface area contributed by atoms with Crippen molar-refractivity contribution < 1.29 is 0 Å². The molecule has 1 aliphatic rings. The standard InChI is InChI=1S/C16H32/c1-4-6-8-10-11-14(3)16-13-15(16)12-9-7-5-2/h14-16H,4-13H2,1-3H3. The van der Waals surface area contributed by atoms with Crippen LogP contribution in [-0.2, 0) is 0 Å². The van der Waals surface area contributed by atoms with Gasteiger partial charge in [0, 0.05) is 0 Å². The van der Waals surface area contributed by atoms with E-state index in [0.717, 1.165) is 17.8 Å². The van der Waals surface area contributed by atoms with E-state index in [1.54, 1.807) is 6.42 Å². The molecule has 1 rings (SSSR count). The summed E-state index contributed by atoms with van der Waals surface area (Å²) in [7, 11) is 0. The van der Waals surface area contributed by atoms with Gasteiger partial charge in [0.1, 0.15) is 0 Å². The molecule has 0 aliphatic heterocycles. The monoisotopic (exact) mass is 224 g/mol. The van der Waals surface area contributed by atoms with Gasteiger partial charge in [0.25, 0.3) is 0 Å². The lowest BCUT2D eigenvalue weighted by Crippen LogP contribution is -1.99. The minimum Gasteiger partial charge on any atom is -0.0654 e. The van der Waals surface area contributed by atoms with Crippen LogP contribution in [-0.4, -0.2) is 0 Å². The highest BCUT2D eigenvalue weighted by Crippen LogP contribution is 2.48. The summed E-state index contributed by atoms with van der Waals surface area (Å²) in [6.07, 6.45) is 14.7. The molecule has 3 atom stereocenters. The van der Waals surface area contributed by atoms with E-state index in [1.807, 2.05) is 0 Å². The first-order chi connectivity index (χ1) is 7.79. The van der Waals surface area contributed by atoms with Crippen LogP contribution in [0, 0.1) is 17.8 Å². The summed E-state index contributed by atoms with van der Waals surface area (Å²) >= 11 is 0. The van der Waals surface area contributed by atoms with Gasteiger partial charge in [0.05, 0.1) is 0 Å². The molecule has 0 bridgehead atoms. The molecule has 1 aliphatic carbocycles. The van der Waals surface area contributed by atoms with Gasteiger partial charge in [-0.2, -0.15) is 0 Å². The average molecular weight is 224 g/mol. The number of hydrogen-bond acceptors (Lipinski definition) is 0. The maximum absolute atomic E-state index is 2.50. The molecular formula is C16H32. The third-order valence-corrected chi connectivity index (χ3v) is 4.40. The Morgan fingerprint density at radius 1 is 0.938 bits per heavy atom. The summed E-state index contributed by atoms with van der Waals surface area (Å²) in [4.78, 5) is 0. The van der Waals surface area contributed by atoms with Crippen LogP contribution in [0.25, 0.3) is 0 Å². The smallest absolute Gasteiger partial charge is 0.0357 e. The highest BCUT2D eigenvalue weighted by Gasteiger charge is 2.39. The molecule has 0 N–H and O–H groups in total. The zero-order valence-electron chi connectivity index (χ0n) is 11.8. The van der Waals surface area contributed by atoms with Gasteiger partial charge in [-0.05, 0) is 24.2 Å². The molecule has 0 amide bonds. The molecule has 96 valence electrons. The molecule has 0 radical (unpaired) electrons. The van der Waals surface area contributed by atoms with Gasteiger partial charge < -0.3 is 0 Å². The largest absolute Gasteiger partial charge is 0.0654 e. The van der Waals surface area contributed by atoms with Crippen LogP contribution < -0.4 is 0 Å². The molecule has 3 unspecified atom stereocenters. The molecule has 1 saturated carbocycles. The molecule has 0 heterocycles. The van der Waals surface area contributed by atoms with Gasteiger partial charge in [-0.3, -0.25) is 0 Å². The predicted octanol–water partition coefficient (Wildman–Crippen LogP) is 5.81. The maximum Gasteiger partial charge on any atom is -0.0357 e. The summed E-state index contributed by atoms with van der Waals surface area (Å²) in [6.45, 7) is 7.10. The van der Waals surface area contributed by atoms with Crippen molar-refractivity contribution in [2.24, 2.45) is 17.8 Å². The summed E-state index contributed by atoms with van der Waals surface area (Å²) in [5.41, 5.74) is 0. The van der Waals surface area contributed by atoms with Crippen LogP contribution in [0.4, 0.5) is 0 Å². The van der Waals surface area contributed by atoms with E-state index >= 15 is 0 Å². The van der Waals surface area contributed by atoms with E-state index in [1.165, 1.54) is 57.8 Å². The predicted molar refractivity (Wildman–Crippen MR) is 73.7 cm³/mol. The minimum absolute atomic E-state index is 1.02. The quantitative estimate of drug-likeness (QED) is 0.411. The number of rotatable bonds is 10. The Morgan fingerprint density at radius 3 is 2.31 bits per heavy atom. The highest BCUT2D eigenvalue weighted by atomic mass is 14.4. The molecule has 0 aromatic heterocycles. The van der Waals surface area contributed by atoms with Gasteiger partial charge in [-0.1, -0.05) is 78.6 Å². The van der Waals surface area contributed by atoms with Gasteiger partial charge >= 0.3 is 0 Å². The first-order valence-electron chi connectivity index (χ1n) is 7.79. The first-order valence-corrected chi connectivity index (χ1v) is 7.79. The van der Waals surface area contributed by atoms with Crippen molar-refractivity contribution in [2.75, 3.05) is 0 Å². The third kappa shape index (κ3) is 5.37. The van der Waals surface area contributed by atoms with Crippen LogP contribution in [0.2, 0.25) is 0 Å². The van der Waals surface area contributed by atoms with Gasteiger partial charge in [0.2, 0.25) is 0 Å². The summed E-state index contributed by atoms with van der Waals surface area (Å²) in [6, 6.07) is 0. The molecule has 0 aromatic carbocycles. The van der Waals surface area contributed by atoms with Crippen molar-refractivity contribution in [3.05, 3.63) is 0 Å². The molecule has 0 heteroatoms. The Morgan fingerprint density at radius 2 is 1.62 bits per heavy atom. The van der Waals surface area contributed by atoms with E-state index < -0.39 is 0 Å². The highest BCUT2D eigenvalue weighted by molar-refractivity contribution is 4.89. The zero-order valence-corrected chi connectivity index (χ0v) is 11.8. The van der Waals surface area contributed by atoms with Crippen LogP contribution in [0.1, 0.15) is 85.0 Å². The molecule has 0 nitrogen and oxygen atoms in total. The molecule has 1 fully saturated rings. The zero-order chi connectivity index (χ0) is 11.8. The average Bonchev–Trinajstić information content (AvgIpc) is 3.04. The van der Waals surface area contributed by atoms with Crippen molar-refractivity contribution in [3.63, 3.8) is 0 Å². The molecule has 0 saturated heterocycles. The number of unbranched alkanes of at least 4 members (excludes halogenated alkanes) is 5. The summed E-state index contributed by atoms with van der Waals surface area (Å²) < 4.78 is 0. The topological polar surface area (TPSA) is 0 Å². The Balaban J connectivity index is 1.96. The SMILES string of the molecule is CCCCCCC(C)C1CC1CCCCC. The van der Waals surface area contributed by atoms with Crippen molar-refractivity contribution in [1.82, 2.24) is 0 Å². The summed E-state index contributed by atoms with van der Waals surface area (Å²) in [5.74, 6) is 3.25. The lowest BCUT2D eigenvalue weighted by molar-refractivity contribution is 0.409.